The van der Waals surface area contributed by atoms with E-state index in [1.54, 1.807) is 11.8 Å². The maximum Gasteiger partial charge on any atom is 0.306 e. The van der Waals surface area contributed by atoms with Gasteiger partial charge in [0.1, 0.15) is 14.9 Å². The average molecular weight is 618 g/mol. The summed E-state index contributed by atoms with van der Waals surface area (Å²) in [6.07, 6.45) is 13.8. The third-order valence-corrected chi connectivity index (χ3v) is 10.9. The Morgan fingerprint density at radius 2 is 1.45 bits per heavy atom. The third-order valence-electron chi connectivity index (χ3n) is 8.08. The molecule has 0 fully saturated rings. The minimum absolute atomic E-state index is 0.189. The van der Waals surface area contributed by atoms with Crippen LogP contribution >= 0.6 is 35.7 Å². The number of esters is 1. The highest BCUT2D eigenvalue weighted by atomic mass is 32.2. The second kappa shape index (κ2) is 16.5. The molecular weight excluding hydrogens is 575 g/mol. The largest absolute Gasteiger partial charge is 0.461 e. The number of nitriles is 1. The normalized spacial score (nSPS) is 13.0. The number of rotatable bonds is 17. The molecule has 3 nitrogen and oxygen atoms in total. The van der Waals surface area contributed by atoms with E-state index in [0.717, 1.165) is 26.7 Å². The fourth-order valence-corrected chi connectivity index (χ4v) is 8.55. The van der Waals surface area contributed by atoms with E-state index in [9.17, 15) is 10.1 Å². The highest BCUT2D eigenvalue weighted by molar-refractivity contribution is 8.47. The van der Waals surface area contributed by atoms with Crippen LogP contribution in [0, 0.1) is 11.3 Å². The van der Waals surface area contributed by atoms with Crippen molar-refractivity contribution in [1.82, 2.24) is 0 Å². The molecule has 4 aromatic rings. The quantitative estimate of drug-likeness (QED) is 0.0508. The molecule has 0 aromatic heterocycles. The van der Waals surface area contributed by atoms with Gasteiger partial charge in [-0.2, -0.15) is 5.26 Å². The Hall–Kier alpha value is -2.33. The van der Waals surface area contributed by atoms with Crippen molar-refractivity contribution in [3.63, 3.8) is 0 Å². The van der Waals surface area contributed by atoms with Crippen molar-refractivity contribution in [2.45, 2.75) is 102 Å². The zero-order valence-electron chi connectivity index (χ0n) is 25.1. The first-order valence-corrected chi connectivity index (χ1v) is 17.7. The zero-order chi connectivity index (χ0) is 29.8. The van der Waals surface area contributed by atoms with Crippen LogP contribution in [0.5, 0.6) is 0 Å². The summed E-state index contributed by atoms with van der Waals surface area (Å²) in [7, 11) is 0. The van der Waals surface area contributed by atoms with E-state index in [-0.39, 0.29) is 19.0 Å². The fourth-order valence-electron chi connectivity index (χ4n) is 5.58. The molecule has 0 saturated heterocycles. The van der Waals surface area contributed by atoms with Crippen LogP contribution in [0.2, 0.25) is 0 Å². The van der Waals surface area contributed by atoms with E-state index >= 15 is 0 Å². The molecule has 4 aromatic carbocycles. The Kier molecular flexibility index (Phi) is 12.8. The fraction of sp³-hybridized carbons (Fsp3) is 0.472. The lowest BCUT2D eigenvalue weighted by atomic mass is 9.92. The molecule has 0 bridgehead atoms. The molecule has 0 spiro atoms. The number of carbonyl (C=O) groups is 1. The Bertz CT molecular complexity index is 1490. The van der Waals surface area contributed by atoms with E-state index in [1.165, 1.54) is 96.5 Å². The molecule has 6 heteroatoms. The smallest absolute Gasteiger partial charge is 0.306 e. The lowest BCUT2D eigenvalue weighted by Crippen LogP contribution is -2.21. The summed E-state index contributed by atoms with van der Waals surface area (Å²) in [5, 5.41) is 17.1. The number of unbranched alkanes of at least 4 members (excludes halogenated alkanes) is 9. The minimum atomic E-state index is -0.742. The number of benzene rings is 4. The summed E-state index contributed by atoms with van der Waals surface area (Å²) in [5.41, 5.74) is 0.996. The second-order valence-corrected chi connectivity index (χ2v) is 15.3. The van der Waals surface area contributed by atoms with Crippen molar-refractivity contribution in [3.8, 4) is 6.07 Å². The molecule has 4 rings (SSSR count). The minimum Gasteiger partial charge on any atom is -0.461 e. The Labute approximate surface area is 265 Å². The van der Waals surface area contributed by atoms with Crippen molar-refractivity contribution >= 4 is 77.6 Å². The van der Waals surface area contributed by atoms with Crippen LogP contribution < -0.4 is 0 Å². The molecule has 0 aliphatic rings. The number of ether oxygens (including phenoxy) is 1. The van der Waals surface area contributed by atoms with Crippen molar-refractivity contribution in [2.24, 2.45) is 0 Å². The van der Waals surface area contributed by atoms with Crippen LogP contribution in [0.1, 0.15) is 96.5 Å². The second-order valence-electron chi connectivity index (χ2n) is 11.5. The number of thioether (sulfide) groups is 2. The molecule has 0 saturated carbocycles. The predicted molar refractivity (Wildman–Crippen MR) is 188 cm³/mol. The lowest BCUT2D eigenvalue weighted by Gasteiger charge is -2.20. The summed E-state index contributed by atoms with van der Waals surface area (Å²) >= 11 is 8.68. The van der Waals surface area contributed by atoms with E-state index in [4.69, 9.17) is 17.0 Å². The topological polar surface area (TPSA) is 50.1 Å². The first-order valence-electron chi connectivity index (χ1n) is 15.5. The molecule has 222 valence electrons. The number of nitrogens with zero attached hydrogens (tertiary/aromatic N) is 1. The van der Waals surface area contributed by atoms with Crippen molar-refractivity contribution < 1.29 is 9.53 Å². The van der Waals surface area contributed by atoms with Crippen LogP contribution in [-0.4, -0.2) is 20.0 Å². The van der Waals surface area contributed by atoms with E-state index in [0.29, 0.717) is 6.42 Å². The van der Waals surface area contributed by atoms with Gasteiger partial charge >= 0.3 is 5.97 Å². The maximum atomic E-state index is 12.7. The average Bonchev–Trinajstić information content (AvgIpc) is 3.00. The summed E-state index contributed by atoms with van der Waals surface area (Å²) in [4.78, 5) is 12.7. The lowest BCUT2D eigenvalue weighted by molar-refractivity contribution is -0.145. The Morgan fingerprint density at radius 3 is 2.12 bits per heavy atom. The molecule has 0 N–H and O–H groups in total. The molecule has 0 aliphatic carbocycles. The molecular formula is C36H43NO2S3. The van der Waals surface area contributed by atoms with Gasteiger partial charge in [-0.25, -0.2) is 0 Å². The molecule has 0 radical (unpaired) electrons. The number of thiocarbonyl (C=S) groups is 1. The van der Waals surface area contributed by atoms with Crippen LogP contribution in [0.4, 0.5) is 0 Å². The van der Waals surface area contributed by atoms with Crippen LogP contribution in [0.25, 0.3) is 32.3 Å². The maximum absolute atomic E-state index is 12.7. The molecule has 0 heterocycles. The van der Waals surface area contributed by atoms with Gasteiger partial charge < -0.3 is 4.74 Å². The first-order chi connectivity index (χ1) is 20.4. The van der Waals surface area contributed by atoms with Gasteiger partial charge in [0.05, 0.1) is 6.07 Å². The zero-order valence-corrected chi connectivity index (χ0v) is 27.5. The first kappa shape index (κ1) is 32.6. The standard InChI is InChI=1S/C36H43NO2S3/c1-3-4-5-6-7-8-9-10-11-12-24-41-35(40)42-36(2,26-37)23-22-32(38)39-25-30-19-18-29-17-16-27-14-13-15-28-20-21-31(30)34(29)33(27)28/h13-21H,3-12,22-25H2,1-2H3. The Morgan fingerprint density at radius 1 is 0.857 bits per heavy atom. The van der Waals surface area contributed by atoms with Crippen molar-refractivity contribution in [2.75, 3.05) is 5.75 Å². The summed E-state index contributed by atoms with van der Waals surface area (Å²) in [6.45, 7) is 4.35. The number of hydrogen-bond donors (Lipinski definition) is 0. The molecule has 0 amide bonds. The van der Waals surface area contributed by atoms with Gasteiger partial charge in [-0.3, -0.25) is 4.79 Å². The van der Waals surface area contributed by atoms with Crippen LogP contribution in [0.3, 0.4) is 0 Å². The van der Waals surface area contributed by atoms with Crippen molar-refractivity contribution in [1.29, 1.82) is 5.26 Å². The van der Waals surface area contributed by atoms with E-state index < -0.39 is 4.75 Å². The summed E-state index contributed by atoms with van der Waals surface area (Å²) in [6, 6.07) is 21.5. The van der Waals surface area contributed by atoms with E-state index in [2.05, 4.69) is 67.6 Å². The molecule has 42 heavy (non-hydrogen) atoms. The van der Waals surface area contributed by atoms with Crippen molar-refractivity contribution in [3.05, 3.63) is 60.2 Å². The number of carbonyl (C=O) groups excluding carboxylic acids is 1. The SMILES string of the molecule is CCCCCCCCCCCCSC(=S)SC(C)(C#N)CCC(=O)OCc1ccc2ccc3cccc4ccc1c2c34. The van der Waals surface area contributed by atoms with Crippen LogP contribution in [-0.2, 0) is 16.1 Å². The number of hydrogen-bond acceptors (Lipinski definition) is 6. The molecule has 1 unspecified atom stereocenters. The summed E-state index contributed by atoms with van der Waals surface area (Å²) < 4.78 is 5.76. The van der Waals surface area contributed by atoms with Gasteiger partial charge in [0, 0.05) is 6.42 Å². The highest BCUT2D eigenvalue weighted by Gasteiger charge is 2.28. The summed E-state index contributed by atoms with van der Waals surface area (Å²) in [5.74, 6) is 0.706. The Balaban J connectivity index is 1.18. The monoisotopic (exact) mass is 617 g/mol. The van der Waals surface area contributed by atoms with Gasteiger partial charge in [0.2, 0.25) is 0 Å². The highest BCUT2D eigenvalue weighted by Crippen LogP contribution is 2.37. The molecule has 1 atom stereocenters. The third kappa shape index (κ3) is 9.09. The van der Waals surface area contributed by atoms with Gasteiger partial charge in [-0.1, -0.05) is 143 Å². The van der Waals surface area contributed by atoms with E-state index in [1.807, 2.05) is 6.92 Å². The van der Waals surface area contributed by atoms with Gasteiger partial charge in [-0.15, -0.1) is 11.8 Å². The van der Waals surface area contributed by atoms with Gasteiger partial charge in [-0.05, 0) is 63.4 Å². The van der Waals surface area contributed by atoms with Gasteiger partial charge in [0.15, 0.2) is 0 Å². The van der Waals surface area contributed by atoms with Gasteiger partial charge in [0.25, 0.3) is 0 Å². The van der Waals surface area contributed by atoms with Crippen LogP contribution in [0.15, 0.2) is 54.6 Å². The molecule has 0 aliphatic heterocycles. The predicted octanol–water partition coefficient (Wildman–Crippen LogP) is 11.4.